The molecule has 0 bridgehead atoms. The molecular weight excluding hydrogens is 222 g/mol. The molecule has 0 saturated heterocycles. The van der Waals surface area contributed by atoms with Crippen LogP contribution < -0.4 is 5.32 Å². The molecule has 3 nitrogen and oxygen atoms in total. The first-order chi connectivity index (χ1) is 7.74. The molecule has 90 valence electrons. The topological polar surface area (TPSA) is 38.3 Å². The van der Waals surface area contributed by atoms with Gasteiger partial charge in [-0.25, -0.2) is 0 Å². The third kappa shape index (κ3) is 4.88. The minimum absolute atomic E-state index is 0.176. The normalized spacial score (nSPS) is 14.6. The van der Waals surface area contributed by atoms with Crippen molar-refractivity contribution < 1.29 is 8.95 Å². The Balaban J connectivity index is 2.51. The van der Waals surface area contributed by atoms with Gasteiger partial charge >= 0.3 is 0 Å². The van der Waals surface area contributed by atoms with Crippen LogP contribution in [0.15, 0.2) is 30.3 Å². The van der Waals surface area contributed by atoms with E-state index in [-0.39, 0.29) is 6.04 Å². The largest absolute Gasteiger partial charge is 0.383 e. The van der Waals surface area contributed by atoms with Crippen LogP contribution in [-0.4, -0.2) is 36.5 Å². The molecule has 16 heavy (non-hydrogen) atoms. The summed E-state index contributed by atoms with van der Waals surface area (Å²) in [6.07, 6.45) is 1.72. The van der Waals surface area contributed by atoms with Gasteiger partial charge in [0.05, 0.1) is 12.6 Å². The Morgan fingerprint density at radius 3 is 2.62 bits per heavy atom. The molecule has 0 aliphatic rings. The standard InChI is InChI=1S/C12H19NO2S/c1-15-10-12(13-8-9-16(2)14)11-6-4-3-5-7-11/h3-7,12-13H,8-10H2,1-2H3. The molecule has 0 aliphatic heterocycles. The second-order valence-electron chi connectivity index (χ2n) is 3.65. The van der Waals surface area contributed by atoms with Crippen LogP contribution in [0.25, 0.3) is 0 Å². The number of hydrogen-bond donors (Lipinski definition) is 1. The van der Waals surface area contributed by atoms with Gasteiger partial charge in [-0.05, 0) is 5.56 Å². The summed E-state index contributed by atoms with van der Waals surface area (Å²) >= 11 is 0. The molecular formula is C12H19NO2S. The van der Waals surface area contributed by atoms with Crippen molar-refractivity contribution in [1.29, 1.82) is 0 Å². The number of benzene rings is 1. The van der Waals surface area contributed by atoms with Crippen molar-refractivity contribution in [3.8, 4) is 0 Å². The highest BCUT2D eigenvalue weighted by Crippen LogP contribution is 2.12. The average Bonchev–Trinajstić information content (AvgIpc) is 2.29. The van der Waals surface area contributed by atoms with Crippen LogP contribution in [0.5, 0.6) is 0 Å². The van der Waals surface area contributed by atoms with Crippen LogP contribution in [0.4, 0.5) is 0 Å². The summed E-state index contributed by atoms with van der Waals surface area (Å²) in [4.78, 5) is 0. The Kier molecular flexibility index (Phi) is 6.30. The van der Waals surface area contributed by atoms with Gasteiger partial charge in [0.1, 0.15) is 0 Å². The zero-order valence-electron chi connectivity index (χ0n) is 9.81. The lowest BCUT2D eigenvalue weighted by atomic mass is 10.1. The van der Waals surface area contributed by atoms with Crippen LogP contribution in [-0.2, 0) is 15.5 Å². The van der Waals surface area contributed by atoms with Crippen LogP contribution >= 0.6 is 0 Å². The molecule has 1 aromatic carbocycles. The third-order valence-corrected chi connectivity index (χ3v) is 3.09. The second kappa shape index (κ2) is 7.54. The third-order valence-electron chi connectivity index (χ3n) is 2.32. The Bertz CT molecular complexity index is 316. The van der Waals surface area contributed by atoms with Gasteiger partial charge in [-0.3, -0.25) is 4.21 Å². The maximum Gasteiger partial charge on any atom is 0.0657 e. The van der Waals surface area contributed by atoms with Crippen LogP contribution in [0, 0.1) is 0 Å². The van der Waals surface area contributed by atoms with Gasteiger partial charge in [0.2, 0.25) is 0 Å². The molecule has 0 radical (unpaired) electrons. The molecule has 1 N–H and O–H groups in total. The number of rotatable bonds is 7. The zero-order valence-corrected chi connectivity index (χ0v) is 10.6. The van der Waals surface area contributed by atoms with Crippen molar-refractivity contribution in [2.24, 2.45) is 0 Å². The molecule has 0 heterocycles. The molecule has 1 aromatic rings. The Hall–Kier alpha value is -0.710. The van der Waals surface area contributed by atoms with Gasteiger partial charge in [0, 0.05) is 36.5 Å². The van der Waals surface area contributed by atoms with Gasteiger partial charge < -0.3 is 10.1 Å². The van der Waals surface area contributed by atoms with Crippen LogP contribution in [0.2, 0.25) is 0 Å². The fraction of sp³-hybridized carbons (Fsp3) is 0.500. The van der Waals surface area contributed by atoms with E-state index >= 15 is 0 Å². The Labute approximate surface area is 99.7 Å². The molecule has 0 fully saturated rings. The summed E-state index contributed by atoms with van der Waals surface area (Å²) < 4.78 is 16.1. The van der Waals surface area contributed by atoms with Crippen molar-refractivity contribution in [2.75, 3.05) is 32.3 Å². The van der Waals surface area contributed by atoms with E-state index in [2.05, 4.69) is 17.4 Å². The summed E-state index contributed by atoms with van der Waals surface area (Å²) in [5.74, 6) is 0.674. The number of ether oxygens (including phenoxy) is 1. The molecule has 1 rings (SSSR count). The Morgan fingerprint density at radius 2 is 2.06 bits per heavy atom. The molecule has 2 atom stereocenters. The maximum atomic E-state index is 11.0. The summed E-state index contributed by atoms with van der Waals surface area (Å²) in [5, 5.41) is 3.35. The molecule has 0 spiro atoms. The lowest BCUT2D eigenvalue weighted by Gasteiger charge is -2.17. The molecule has 2 unspecified atom stereocenters. The summed E-state index contributed by atoms with van der Waals surface area (Å²) in [5.41, 5.74) is 1.20. The molecule has 0 amide bonds. The summed E-state index contributed by atoms with van der Waals surface area (Å²) in [6.45, 7) is 1.37. The van der Waals surface area contributed by atoms with Gasteiger partial charge in [0.15, 0.2) is 0 Å². The van der Waals surface area contributed by atoms with E-state index in [1.165, 1.54) is 5.56 Å². The molecule has 0 aromatic heterocycles. The molecule has 4 heteroatoms. The smallest absolute Gasteiger partial charge is 0.0657 e. The van der Waals surface area contributed by atoms with E-state index in [0.717, 1.165) is 6.54 Å². The van der Waals surface area contributed by atoms with Gasteiger partial charge in [-0.1, -0.05) is 30.3 Å². The van der Waals surface area contributed by atoms with E-state index in [9.17, 15) is 4.21 Å². The van der Waals surface area contributed by atoms with Crippen molar-refractivity contribution in [1.82, 2.24) is 5.32 Å². The van der Waals surface area contributed by atoms with Gasteiger partial charge in [0.25, 0.3) is 0 Å². The van der Waals surface area contributed by atoms with Crippen molar-refractivity contribution in [3.05, 3.63) is 35.9 Å². The highest BCUT2D eigenvalue weighted by molar-refractivity contribution is 7.84. The quantitative estimate of drug-likeness (QED) is 0.783. The average molecular weight is 241 g/mol. The number of methoxy groups -OCH3 is 1. The monoisotopic (exact) mass is 241 g/mol. The molecule has 0 aliphatic carbocycles. The number of nitrogens with one attached hydrogen (secondary N) is 1. The fourth-order valence-electron chi connectivity index (χ4n) is 1.50. The van der Waals surface area contributed by atoms with E-state index in [1.807, 2.05) is 18.2 Å². The lowest BCUT2D eigenvalue weighted by Crippen LogP contribution is -2.28. The number of hydrogen-bond acceptors (Lipinski definition) is 3. The molecule has 0 saturated carbocycles. The van der Waals surface area contributed by atoms with Crippen molar-refractivity contribution in [2.45, 2.75) is 6.04 Å². The van der Waals surface area contributed by atoms with Gasteiger partial charge in [-0.15, -0.1) is 0 Å². The van der Waals surface area contributed by atoms with Gasteiger partial charge in [-0.2, -0.15) is 0 Å². The van der Waals surface area contributed by atoms with E-state index in [0.29, 0.717) is 12.4 Å². The predicted octanol–water partition coefficient (Wildman–Crippen LogP) is 1.34. The lowest BCUT2D eigenvalue weighted by molar-refractivity contribution is 0.168. The minimum Gasteiger partial charge on any atom is -0.383 e. The van der Waals surface area contributed by atoms with Crippen LogP contribution in [0.3, 0.4) is 0 Å². The SMILES string of the molecule is COCC(NCCS(C)=O)c1ccccc1. The highest BCUT2D eigenvalue weighted by atomic mass is 32.2. The Morgan fingerprint density at radius 1 is 1.38 bits per heavy atom. The second-order valence-corrected chi connectivity index (χ2v) is 5.20. The fourth-order valence-corrected chi connectivity index (χ4v) is 1.91. The van der Waals surface area contributed by atoms with Crippen LogP contribution in [0.1, 0.15) is 11.6 Å². The highest BCUT2D eigenvalue weighted by Gasteiger charge is 2.09. The van der Waals surface area contributed by atoms with E-state index < -0.39 is 10.8 Å². The zero-order chi connectivity index (χ0) is 11.8. The van der Waals surface area contributed by atoms with E-state index in [4.69, 9.17) is 4.74 Å². The van der Waals surface area contributed by atoms with Crippen molar-refractivity contribution in [3.63, 3.8) is 0 Å². The maximum absolute atomic E-state index is 11.0. The predicted molar refractivity (Wildman–Crippen MR) is 68.0 cm³/mol. The summed E-state index contributed by atoms with van der Waals surface area (Å²) in [7, 11) is 0.944. The van der Waals surface area contributed by atoms with Crippen molar-refractivity contribution >= 4 is 10.8 Å². The first kappa shape index (κ1) is 13.4. The van der Waals surface area contributed by atoms with E-state index in [1.54, 1.807) is 13.4 Å². The first-order valence-corrected chi connectivity index (χ1v) is 7.04. The summed E-state index contributed by atoms with van der Waals surface area (Å²) in [6, 6.07) is 10.3. The minimum atomic E-state index is -0.746. The first-order valence-electron chi connectivity index (χ1n) is 5.31.